The van der Waals surface area contributed by atoms with Gasteiger partial charge in [-0.3, -0.25) is 4.79 Å². The number of benzene rings is 2. The lowest BCUT2D eigenvalue weighted by molar-refractivity contribution is 0.103. The lowest BCUT2D eigenvalue weighted by Crippen LogP contribution is -2.30. The zero-order valence-corrected chi connectivity index (χ0v) is 12.7. The van der Waals surface area contributed by atoms with Crippen molar-refractivity contribution in [3.63, 3.8) is 0 Å². The van der Waals surface area contributed by atoms with Gasteiger partial charge in [0, 0.05) is 31.3 Å². The van der Waals surface area contributed by atoms with Crippen LogP contribution in [0.1, 0.15) is 35.2 Å². The Morgan fingerprint density at radius 1 is 0.955 bits per heavy atom. The molecule has 2 aromatic rings. The van der Waals surface area contributed by atoms with E-state index in [9.17, 15) is 4.79 Å². The minimum absolute atomic E-state index is 0.0330. The van der Waals surface area contributed by atoms with Crippen molar-refractivity contribution in [2.24, 2.45) is 0 Å². The maximum Gasteiger partial charge on any atom is 0.195 e. The molecule has 2 aromatic carbocycles. The van der Waals surface area contributed by atoms with Crippen LogP contribution in [0.25, 0.3) is 0 Å². The largest absolute Gasteiger partial charge is 0.381 e. The summed E-state index contributed by atoms with van der Waals surface area (Å²) in [5.41, 5.74) is 3.30. The Morgan fingerprint density at radius 2 is 1.68 bits per heavy atom. The van der Waals surface area contributed by atoms with Crippen LogP contribution in [0.5, 0.6) is 0 Å². The minimum atomic E-state index is 0.0330. The maximum absolute atomic E-state index is 12.8. The van der Waals surface area contributed by atoms with Gasteiger partial charge in [0.2, 0.25) is 0 Å². The third-order valence-corrected chi connectivity index (χ3v) is 4.20. The highest BCUT2D eigenvalue weighted by atomic mass is 16.1. The Hall–Kier alpha value is -2.29. The quantitative estimate of drug-likeness (QED) is 0.861. The van der Waals surface area contributed by atoms with Crippen molar-refractivity contribution >= 4 is 17.2 Å². The van der Waals surface area contributed by atoms with Crippen LogP contribution in [0, 0.1) is 7.05 Å². The highest BCUT2D eigenvalue weighted by Crippen LogP contribution is 2.32. The van der Waals surface area contributed by atoms with Crippen molar-refractivity contribution < 1.29 is 4.79 Å². The topological polar surface area (TPSA) is 32.3 Å². The zero-order chi connectivity index (χ0) is 15.4. The Kier molecular flexibility index (Phi) is 4.42. The van der Waals surface area contributed by atoms with E-state index in [1.54, 1.807) is 0 Å². The van der Waals surface area contributed by atoms with Crippen LogP contribution in [0.3, 0.4) is 0 Å². The van der Waals surface area contributed by atoms with Crippen LogP contribution >= 0.6 is 0 Å². The number of hydrogen-bond donors (Lipinski definition) is 1. The molecule has 22 heavy (non-hydrogen) atoms. The van der Waals surface area contributed by atoms with E-state index >= 15 is 0 Å². The Morgan fingerprint density at radius 3 is 2.36 bits per heavy atom. The number of para-hydroxylation sites is 1. The number of rotatable bonds is 4. The maximum atomic E-state index is 12.8. The van der Waals surface area contributed by atoms with Crippen molar-refractivity contribution in [1.29, 1.82) is 0 Å². The second-order valence-electron chi connectivity index (χ2n) is 5.62. The fourth-order valence-electron chi connectivity index (χ4n) is 3.06. The second kappa shape index (κ2) is 6.65. The molecular formula is C19H21N2O. The third kappa shape index (κ3) is 2.84. The molecule has 0 bridgehead atoms. The van der Waals surface area contributed by atoms with Gasteiger partial charge < -0.3 is 10.2 Å². The monoisotopic (exact) mass is 293 g/mol. The van der Waals surface area contributed by atoms with Gasteiger partial charge in [-0.05, 0) is 31.4 Å². The summed E-state index contributed by atoms with van der Waals surface area (Å²) in [5, 5.41) is 3.00. The first-order valence-electron chi connectivity index (χ1n) is 7.82. The molecular weight excluding hydrogens is 272 g/mol. The third-order valence-electron chi connectivity index (χ3n) is 4.20. The first kappa shape index (κ1) is 14.6. The predicted molar refractivity (Wildman–Crippen MR) is 91.4 cm³/mol. The summed E-state index contributed by atoms with van der Waals surface area (Å²) in [7, 11) is 3.82. The molecule has 113 valence electrons. The molecule has 1 radical (unpaired) electrons. The van der Waals surface area contributed by atoms with Gasteiger partial charge in [-0.2, -0.15) is 0 Å². The predicted octanol–water partition coefficient (Wildman–Crippen LogP) is 4.11. The number of nitrogens with one attached hydrogen (secondary N) is 1. The molecule has 1 aliphatic heterocycles. The normalized spacial score (nSPS) is 14.7. The van der Waals surface area contributed by atoms with Crippen LogP contribution < -0.4 is 10.2 Å². The smallest absolute Gasteiger partial charge is 0.195 e. The number of carbonyl (C=O) groups excluding carboxylic acids is 1. The summed E-state index contributed by atoms with van der Waals surface area (Å²) in [6, 6.07) is 15.3. The number of hydrogen-bond acceptors (Lipinski definition) is 3. The van der Waals surface area contributed by atoms with E-state index < -0.39 is 0 Å². The fraction of sp³-hybridized carbons (Fsp3) is 0.263. The SMILES string of the molecule is [CH2]Nc1c(C(=O)c2ccccc2)cccc1N1CCCCC1. The van der Waals surface area contributed by atoms with E-state index in [1.165, 1.54) is 19.3 Å². The molecule has 3 heteroatoms. The molecule has 3 rings (SSSR count). The van der Waals surface area contributed by atoms with Crippen LogP contribution in [-0.4, -0.2) is 18.9 Å². The van der Waals surface area contributed by atoms with E-state index in [-0.39, 0.29) is 5.78 Å². The second-order valence-corrected chi connectivity index (χ2v) is 5.62. The number of nitrogens with zero attached hydrogens (tertiary/aromatic N) is 1. The first-order valence-corrected chi connectivity index (χ1v) is 7.82. The molecule has 0 saturated carbocycles. The lowest BCUT2D eigenvalue weighted by atomic mass is 9.99. The highest BCUT2D eigenvalue weighted by Gasteiger charge is 2.20. The molecule has 3 nitrogen and oxygen atoms in total. The van der Waals surface area contributed by atoms with Gasteiger partial charge in [-0.15, -0.1) is 0 Å². The van der Waals surface area contributed by atoms with E-state index in [1.807, 2.05) is 42.5 Å². The molecule has 0 aliphatic carbocycles. The average Bonchev–Trinajstić information content (AvgIpc) is 2.62. The Bertz CT molecular complexity index is 646. The summed E-state index contributed by atoms with van der Waals surface area (Å²) in [5.74, 6) is 0.0330. The molecule has 1 saturated heterocycles. The van der Waals surface area contributed by atoms with Gasteiger partial charge in [0.05, 0.1) is 11.4 Å². The van der Waals surface area contributed by atoms with Crippen molar-refractivity contribution in [2.45, 2.75) is 19.3 Å². The molecule has 1 fully saturated rings. The van der Waals surface area contributed by atoms with Crippen molar-refractivity contribution in [1.82, 2.24) is 0 Å². The molecule has 0 atom stereocenters. The Balaban J connectivity index is 1.99. The first-order chi connectivity index (χ1) is 10.8. The number of ketones is 1. The van der Waals surface area contributed by atoms with Crippen molar-refractivity contribution in [3.05, 3.63) is 66.7 Å². The van der Waals surface area contributed by atoms with Crippen molar-refractivity contribution in [3.8, 4) is 0 Å². The van der Waals surface area contributed by atoms with Crippen LogP contribution in [0.4, 0.5) is 11.4 Å². The van der Waals surface area contributed by atoms with Crippen LogP contribution in [0.15, 0.2) is 48.5 Å². The van der Waals surface area contributed by atoms with Gasteiger partial charge in [-0.25, -0.2) is 0 Å². The number of anilines is 2. The van der Waals surface area contributed by atoms with Crippen LogP contribution in [-0.2, 0) is 0 Å². The summed E-state index contributed by atoms with van der Waals surface area (Å²) in [4.78, 5) is 15.1. The van der Waals surface area contributed by atoms with Gasteiger partial charge >= 0.3 is 0 Å². The summed E-state index contributed by atoms with van der Waals surface area (Å²) < 4.78 is 0. The molecule has 0 unspecified atom stereocenters. The van der Waals surface area contributed by atoms with E-state index in [2.05, 4.69) is 23.3 Å². The minimum Gasteiger partial charge on any atom is -0.381 e. The molecule has 1 heterocycles. The van der Waals surface area contributed by atoms with Gasteiger partial charge in [-0.1, -0.05) is 36.4 Å². The molecule has 0 spiro atoms. The summed E-state index contributed by atoms with van der Waals surface area (Å²) >= 11 is 0. The Labute approximate surface area is 132 Å². The molecule has 0 aromatic heterocycles. The summed E-state index contributed by atoms with van der Waals surface area (Å²) in [6.45, 7) is 2.08. The summed E-state index contributed by atoms with van der Waals surface area (Å²) in [6.07, 6.45) is 3.69. The van der Waals surface area contributed by atoms with E-state index in [0.29, 0.717) is 11.1 Å². The van der Waals surface area contributed by atoms with Gasteiger partial charge in [0.25, 0.3) is 0 Å². The standard InChI is InChI=1S/C19H21N2O/c1-20-18-16(19(22)15-9-4-2-5-10-15)11-8-12-17(18)21-13-6-3-7-14-21/h2,4-5,8-12,20H,1,3,6-7,13-14H2. The lowest BCUT2D eigenvalue weighted by Gasteiger charge is -2.31. The molecule has 0 amide bonds. The van der Waals surface area contributed by atoms with Gasteiger partial charge in [0.15, 0.2) is 5.78 Å². The number of carbonyl (C=O) groups is 1. The number of piperidine rings is 1. The average molecular weight is 293 g/mol. The zero-order valence-electron chi connectivity index (χ0n) is 12.7. The van der Waals surface area contributed by atoms with Crippen LogP contribution in [0.2, 0.25) is 0 Å². The van der Waals surface area contributed by atoms with E-state index in [0.717, 1.165) is 24.5 Å². The van der Waals surface area contributed by atoms with E-state index in [4.69, 9.17) is 0 Å². The highest BCUT2D eigenvalue weighted by molar-refractivity contribution is 6.13. The van der Waals surface area contributed by atoms with Gasteiger partial charge in [0.1, 0.15) is 0 Å². The molecule has 1 N–H and O–H groups in total. The van der Waals surface area contributed by atoms with Crippen molar-refractivity contribution in [2.75, 3.05) is 23.3 Å². The molecule has 1 aliphatic rings. The fourth-order valence-corrected chi connectivity index (χ4v) is 3.06.